The molecular weight excluding hydrogens is 280 g/mol. The summed E-state index contributed by atoms with van der Waals surface area (Å²) >= 11 is 0. The van der Waals surface area contributed by atoms with Crippen LogP contribution in [0.3, 0.4) is 0 Å². The van der Waals surface area contributed by atoms with Crippen LogP contribution in [-0.4, -0.2) is 73.5 Å². The van der Waals surface area contributed by atoms with Gasteiger partial charge in [0.15, 0.2) is 11.5 Å². The molecule has 0 aliphatic carbocycles. The molecular formula is C17H28N2O3. The minimum absolute atomic E-state index is 0.261. The van der Waals surface area contributed by atoms with E-state index < -0.39 is 0 Å². The Morgan fingerprint density at radius 3 is 2.64 bits per heavy atom. The average molecular weight is 308 g/mol. The van der Waals surface area contributed by atoms with E-state index in [4.69, 9.17) is 9.47 Å². The van der Waals surface area contributed by atoms with E-state index in [1.54, 1.807) is 7.11 Å². The number of nitrogens with zero attached hydrogens (tertiary/aromatic N) is 2. The van der Waals surface area contributed by atoms with Crippen molar-refractivity contribution in [2.24, 2.45) is 0 Å². The molecule has 5 heteroatoms. The van der Waals surface area contributed by atoms with Crippen LogP contribution in [-0.2, 0) is 0 Å². The number of hydrogen-bond donors (Lipinski definition) is 1. The molecule has 2 rings (SSSR count). The molecule has 1 aromatic rings. The molecule has 0 bridgehead atoms. The molecule has 1 aliphatic rings. The summed E-state index contributed by atoms with van der Waals surface area (Å²) in [7, 11) is 1.66. The van der Waals surface area contributed by atoms with Crippen LogP contribution in [0.15, 0.2) is 24.3 Å². The highest BCUT2D eigenvalue weighted by atomic mass is 16.5. The number of hydrogen-bond acceptors (Lipinski definition) is 5. The fourth-order valence-electron chi connectivity index (χ4n) is 2.91. The maximum absolute atomic E-state index is 9.52. The van der Waals surface area contributed by atoms with E-state index in [1.807, 2.05) is 31.2 Å². The quantitative estimate of drug-likeness (QED) is 0.826. The molecule has 1 N–H and O–H groups in total. The lowest BCUT2D eigenvalue weighted by Gasteiger charge is -2.40. The van der Waals surface area contributed by atoms with Crippen molar-refractivity contribution in [1.82, 2.24) is 9.80 Å². The molecule has 5 nitrogen and oxygen atoms in total. The van der Waals surface area contributed by atoms with Crippen LogP contribution in [0.2, 0.25) is 0 Å². The van der Waals surface area contributed by atoms with E-state index in [0.717, 1.165) is 44.2 Å². The number of piperazine rings is 1. The number of methoxy groups -OCH3 is 1. The molecule has 124 valence electrons. The van der Waals surface area contributed by atoms with Crippen LogP contribution in [0.1, 0.15) is 13.8 Å². The zero-order chi connectivity index (χ0) is 15.9. The van der Waals surface area contributed by atoms with E-state index in [0.29, 0.717) is 12.6 Å². The summed E-state index contributed by atoms with van der Waals surface area (Å²) in [4.78, 5) is 4.76. The zero-order valence-corrected chi connectivity index (χ0v) is 13.9. The molecule has 0 saturated carbocycles. The monoisotopic (exact) mass is 308 g/mol. The predicted octanol–water partition coefficient (Wildman–Crippen LogP) is 1.46. The zero-order valence-electron chi connectivity index (χ0n) is 13.9. The Balaban J connectivity index is 1.74. The normalized spacial score (nSPS) is 21.5. The van der Waals surface area contributed by atoms with E-state index >= 15 is 0 Å². The van der Waals surface area contributed by atoms with Gasteiger partial charge in [-0.05, 0) is 26.0 Å². The highest BCUT2D eigenvalue weighted by molar-refractivity contribution is 5.39. The molecule has 0 aromatic heterocycles. The summed E-state index contributed by atoms with van der Waals surface area (Å²) in [6.07, 6.45) is -0.261. The Hall–Kier alpha value is -1.30. The summed E-state index contributed by atoms with van der Waals surface area (Å²) in [5.41, 5.74) is 0. The lowest BCUT2D eigenvalue weighted by Crippen LogP contribution is -2.54. The van der Waals surface area contributed by atoms with Gasteiger partial charge in [0.25, 0.3) is 0 Å². The van der Waals surface area contributed by atoms with Gasteiger partial charge in [0, 0.05) is 38.8 Å². The Labute approximate surface area is 133 Å². The number of benzene rings is 1. The molecule has 1 aliphatic heterocycles. The van der Waals surface area contributed by atoms with Crippen LogP contribution in [0.5, 0.6) is 11.5 Å². The molecule has 1 saturated heterocycles. The van der Waals surface area contributed by atoms with E-state index in [2.05, 4.69) is 16.7 Å². The smallest absolute Gasteiger partial charge is 0.161 e. The van der Waals surface area contributed by atoms with Crippen LogP contribution in [0.4, 0.5) is 0 Å². The molecule has 1 heterocycles. The first-order chi connectivity index (χ1) is 10.6. The van der Waals surface area contributed by atoms with Crippen LogP contribution in [0, 0.1) is 0 Å². The minimum Gasteiger partial charge on any atom is -0.493 e. The Kier molecular flexibility index (Phi) is 6.49. The molecule has 2 atom stereocenters. The second kappa shape index (κ2) is 8.36. The highest BCUT2D eigenvalue weighted by Gasteiger charge is 2.24. The summed E-state index contributed by atoms with van der Waals surface area (Å²) < 4.78 is 11.1. The first-order valence-electron chi connectivity index (χ1n) is 8.00. The van der Waals surface area contributed by atoms with Gasteiger partial charge in [0.1, 0.15) is 6.61 Å². The highest BCUT2D eigenvalue weighted by Crippen LogP contribution is 2.25. The molecule has 1 aromatic carbocycles. The number of para-hydroxylation sites is 2. The first-order valence-corrected chi connectivity index (χ1v) is 8.00. The van der Waals surface area contributed by atoms with Gasteiger partial charge in [0.2, 0.25) is 0 Å². The third-order valence-electron chi connectivity index (χ3n) is 4.08. The molecule has 0 spiro atoms. The lowest BCUT2D eigenvalue weighted by atomic mass is 10.1. The Morgan fingerprint density at radius 2 is 2.00 bits per heavy atom. The van der Waals surface area contributed by atoms with Crippen molar-refractivity contribution in [3.63, 3.8) is 0 Å². The van der Waals surface area contributed by atoms with Gasteiger partial charge in [-0.25, -0.2) is 0 Å². The largest absolute Gasteiger partial charge is 0.493 e. The topological polar surface area (TPSA) is 45.2 Å². The molecule has 22 heavy (non-hydrogen) atoms. The van der Waals surface area contributed by atoms with E-state index in [1.165, 1.54) is 0 Å². The van der Waals surface area contributed by atoms with Crippen molar-refractivity contribution in [3.05, 3.63) is 24.3 Å². The van der Waals surface area contributed by atoms with Crippen molar-refractivity contribution in [2.45, 2.75) is 26.0 Å². The van der Waals surface area contributed by atoms with Crippen LogP contribution >= 0.6 is 0 Å². The molecule has 0 radical (unpaired) electrons. The third kappa shape index (κ3) is 4.87. The van der Waals surface area contributed by atoms with Gasteiger partial charge < -0.3 is 14.6 Å². The number of aliphatic hydroxyl groups is 1. The molecule has 0 amide bonds. The first kappa shape index (κ1) is 17.1. The fraction of sp³-hybridized carbons (Fsp3) is 0.647. The van der Waals surface area contributed by atoms with Gasteiger partial charge in [-0.3, -0.25) is 9.80 Å². The summed E-state index contributed by atoms with van der Waals surface area (Å²) in [5, 5.41) is 9.52. The van der Waals surface area contributed by atoms with Gasteiger partial charge in [-0.15, -0.1) is 0 Å². The molecule has 1 fully saturated rings. The minimum atomic E-state index is -0.261. The van der Waals surface area contributed by atoms with Crippen molar-refractivity contribution in [3.8, 4) is 11.5 Å². The Bertz CT molecular complexity index is 453. The molecule has 2 unspecified atom stereocenters. The second-order valence-electron chi connectivity index (χ2n) is 5.99. The maximum Gasteiger partial charge on any atom is 0.161 e. The summed E-state index contributed by atoms with van der Waals surface area (Å²) in [6, 6.07) is 8.20. The van der Waals surface area contributed by atoms with Crippen molar-refractivity contribution < 1.29 is 14.6 Å². The van der Waals surface area contributed by atoms with Gasteiger partial charge in [-0.1, -0.05) is 12.1 Å². The lowest BCUT2D eigenvalue weighted by molar-refractivity contribution is 0.0403. The third-order valence-corrected chi connectivity index (χ3v) is 4.08. The van der Waals surface area contributed by atoms with Gasteiger partial charge >= 0.3 is 0 Å². The summed E-state index contributed by atoms with van der Waals surface area (Å²) in [5.74, 6) is 1.57. The van der Waals surface area contributed by atoms with E-state index in [9.17, 15) is 5.11 Å². The SMILES string of the molecule is COc1ccccc1OCCN1CCN(CC(C)O)C(C)C1. The number of β-amino-alcohol motifs (C(OH)–C–C–N with tert-alkyl or cyclic N) is 1. The number of rotatable bonds is 7. The van der Waals surface area contributed by atoms with Crippen molar-refractivity contribution in [2.75, 3.05) is 46.4 Å². The van der Waals surface area contributed by atoms with Gasteiger partial charge in [0.05, 0.1) is 13.2 Å². The fourth-order valence-corrected chi connectivity index (χ4v) is 2.91. The number of ether oxygens (including phenoxy) is 2. The Morgan fingerprint density at radius 1 is 1.27 bits per heavy atom. The summed E-state index contributed by atoms with van der Waals surface area (Å²) in [6.45, 7) is 9.42. The predicted molar refractivity (Wildman–Crippen MR) is 87.6 cm³/mol. The van der Waals surface area contributed by atoms with E-state index in [-0.39, 0.29) is 6.10 Å². The maximum atomic E-state index is 9.52. The van der Waals surface area contributed by atoms with Crippen molar-refractivity contribution in [1.29, 1.82) is 0 Å². The standard InChI is InChI=1S/C17H28N2O3/c1-14-12-18(8-9-19(14)13-15(2)20)10-11-22-17-7-5-4-6-16(17)21-3/h4-7,14-15,20H,8-13H2,1-3H3. The van der Waals surface area contributed by atoms with Crippen LogP contribution in [0.25, 0.3) is 0 Å². The van der Waals surface area contributed by atoms with Crippen molar-refractivity contribution >= 4 is 0 Å². The van der Waals surface area contributed by atoms with Gasteiger partial charge in [-0.2, -0.15) is 0 Å². The second-order valence-corrected chi connectivity index (χ2v) is 5.99. The average Bonchev–Trinajstić information content (AvgIpc) is 2.50. The number of aliphatic hydroxyl groups excluding tert-OH is 1. The van der Waals surface area contributed by atoms with Crippen LogP contribution < -0.4 is 9.47 Å².